The number of hydrogen-bond donors (Lipinski definition) is 3. The summed E-state index contributed by atoms with van der Waals surface area (Å²) < 4.78 is 0. The fraction of sp³-hybridized carbons (Fsp3) is 0.357. The first kappa shape index (κ1) is 15.2. The summed E-state index contributed by atoms with van der Waals surface area (Å²) in [5.74, 6) is 0.0677. The molecule has 0 fully saturated rings. The first-order chi connectivity index (χ1) is 9.75. The van der Waals surface area contributed by atoms with Gasteiger partial charge in [-0.3, -0.25) is 9.59 Å². The second kappa shape index (κ2) is 5.69. The Hall–Kier alpha value is -2.15. The molecular formula is C14H18N4O2S. The lowest BCUT2D eigenvalue weighted by Gasteiger charge is -2.19. The van der Waals surface area contributed by atoms with E-state index in [1.807, 2.05) is 20.8 Å². The first-order valence-corrected chi connectivity index (χ1v) is 7.36. The summed E-state index contributed by atoms with van der Waals surface area (Å²) in [6.07, 6.45) is 0. The van der Waals surface area contributed by atoms with Crippen molar-refractivity contribution in [2.24, 2.45) is 0 Å². The van der Waals surface area contributed by atoms with Gasteiger partial charge in [0.1, 0.15) is 5.82 Å². The minimum absolute atomic E-state index is 0.137. The highest BCUT2D eigenvalue weighted by atomic mass is 32.1. The largest absolute Gasteiger partial charge is 0.384 e. The van der Waals surface area contributed by atoms with Crippen molar-refractivity contribution in [3.63, 3.8) is 0 Å². The lowest BCUT2D eigenvalue weighted by Crippen LogP contribution is -2.25. The summed E-state index contributed by atoms with van der Waals surface area (Å²) >= 11 is 1.07. The number of H-pyrrole nitrogens is 1. The quantitative estimate of drug-likeness (QED) is 0.802. The predicted molar refractivity (Wildman–Crippen MR) is 83.5 cm³/mol. The van der Waals surface area contributed by atoms with Crippen molar-refractivity contribution in [3.8, 4) is 0 Å². The minimum atomic E-state index is -0.248. The Morgan fingerprint density at radius 2 is 2.14 bits per heavy atom. The molecule has 0 aromatic carbocycles. The van der Waals surface area contributed by atoms with Crippen LogP contribution in [0.25, 0.3) is 0 Å². The molecule has 0 radical (unpaired) electrons. The van der Waals surface area contributed by atoms with Crippen LogP contribution in [-0.4, -0.2) is 15.9 Å². The summed E-state index contributed by atoms with van der Waals surface area (Å²) in [6.45, 7) is 6.29. The lowest BCUT2D eigenvalue weighted by atomic mass is 9.90. The smallest absolute Gasteiger partial charge is 0.304 e. The molecule has 6 nitrogen and oxygen atoms in total. The van der Waals surface area contributed by atoms with Crippen molar-refractivity contribution >= 4 is 23.1 Å². The fourth-order valence-corrected chi connectivity index (χ4v) is 2.33. The van der Waals surface area contributed by atoms with Crippen LogP contribution in [0.5, 0.6) is 0 Å². The molecule has 0 bridgehead atoms. The van der Waals surface area contributed by atoms with Gasteiger partial charge in [-0.05, 0) is 12.1 Å². The average molecular weight is 306 g/mol. The number of nitrogen functional groups attached to an aromatic ring is 1. The lowest BCUT2D eigenvalue weighted by molar-refractivity contribution is 0.0950. The zero-order chi connectivity index (χ0) is 15.6. The van der Waals surface area contributed by atoms with Gasteiger partial charge in [0, 0.05) is 27.7 Å². The van der Waals surface area contributed by atoms with E-state index in [0.29, 0.717) is 17.1 Å². The molecule has 0 unspecified atom stereocenters. The first-order valence-electron chi connectivity index (χ1n) is 6.48. The van der Waals surface area contributed by atoms with Gasteiger partial charge in [0.25, 0.3) is 5.91 Å². The molecule has 0 saturated carbocycles. The maximum absolute atomic E-state index is 12.2. The Morgan fingerprint density at radius 1 is 1.43 bits per heavy atom. The number of thiazole rings is 1. The highest BCUT2D eigenvalue weighted by molar-refractivity contribution is 7.07. The average Bonchev–Trinajstić information content (AvgIpc) is 2.80. The summed E-state index contributed by atoms with van der Waals surface area (Å²) in [7, 11) is 0. The van der Waals surface area contributed by atoms with Crippen molar-refractivity contribution in [1.82, 2.24) is 15.3 Å². The molecule has 2 aromatic rings. The van der Waals surface area contributed by atoms with Crippen LogP contribution in [0.15, 0.2) is 22.3 Å². The van der Waals surface area contributed by atoms with Crippen LogP contribution < -0.4 is 15.9 Å². The van der Waals surface area contributed by atoms with Crippen LogP contribution in [0, 0.1) is 0 Å². The van der Waals surface area contributed by atoms with E-state index in [-0.39, 0.29) is 22.7 Å². The SMILES string of the molecule is CC(C)(C)c1cc(C(=O)NCc2csc(=O)[nH]2)cc(N)n1. The molecule has 2 aromatic heterocycles. The molecule has 2 heterocycles. The van der Waals surface area contributed by atoms with Gasteiger partial charge in [-0.2, -0.15) is 0 Å². The topological polar surface area (TPSA) is 101 Å². The number of hydrogen-bond acceptors (Lipinski definition) is 5. The predicted octanol–water partition coefficient (Wildman–Crippen LogP) is 1.64. The Kier molecular flexibility index (Phi) is 4.13. The van der Waals surface area contributed by atoms with Crippen molar-refractivity contribution in [3.05, 3.63) is 44.1 Å². The van der Waals surface area contributed by atoms with E-state index in [0.717, 1.165) is 17.0 Å². The monoisotopic (exact) mass is 306 g/mol. The van der Waals surface area contributed by atoms with Crippen molar-refractivity contribution in [1.29, 1.82) is 0 Å². The molecule has 7 heteroatoms. The van der Waals surface area contributed by atoms with Crippen LogP contribution >= 0.6 is 11.3 Å². The van der Waals surface area contributed by atoms with E-state index in [9.17, 15) is 9.59 Å². The Balaban J connectivity index is 2.15. The number of carbonyl (C=O) groups is 1. The number of aromatic nitrogens is 2. The van der Waals surface area contributed by atoms with E-state index in [1.165, 1.54) is 0 Å². The van der Waals surface area contributed by atoms with Gasteiger partial charge in [0.2, 0.25) is 0 Å². The molecular weight excluding hydrogens is 288 g/mol. The highest BCUT2D eigenvalue weighted by Gasteiger charge is 2.18. The molecule has 4 N–H and O–H groups in total. The number of anilines is 1. The molecule has 0 aliphatic carbocycles. The highest BCUT2D eigenvalue weighted by Crippen LogP contribution is 2.22. The van der Waals surface area contributed by atoms with Gasteiger partial charge in [0.15, 0.2) is 0 Å². The van der Waals surface area contributed by atoms with Gasteiger partial charge in [0.05, 0.1) is 6.54 Å². The third-order valence-corrected chi connectivity index (χ3v) is 3.60. The number of aromatic amines is 1. The van der Waals surface area contributed by atoms with Crippen LogP contribution in [0.4, 0.5) is 5.82 Å². The van der Waals surface area contributed by atoms with Gasteiger partial charge in [-0.15, -0.1) is 0 Å². The molecule has 0 aliphatic heterocycles. The maximum atomic E-state index is 12.2. The zero-order valence-corrected chi connectivity index (χ0v) is 13.0. The minimum Gasteiger partial charge on any atom is -0.384 e. The zero-order valence-electron chi connectivity index (χ0n) is 12.2. The van der Waals surface area contributed by atoms with Gasteiger partial charge < -0.3 is 16.0 Å². The Morgan fingerprint density at radius 3 is 2.71 bits per heavy atom. The number of amides is 1. The van der Waals surface area contributed by atoms with Crippen molar-refractivity contribution < 1.29 is 4.79 Å². The van der Waals surface area contributed by atoms with E-state index >= 15 is 0 Å². The molecule has 2 rings (SSSR count). The molecule has 0 spiro atoms. The number of nitrogens with zero attached hydrogens (tertiary/aromatic N) is 1. The summed E-state index contributed by atoms with van der Waals surface area (Å²) in [5.41, 5.74) is 7.48. The molecule has 112 valence electrons. The van der Waals surface area contributed by atoms with Gasteiger partial charge in [-0.25, -0.2) is 4.98 Å². The van der Waals surface area contributed by atoms with Crippen LogP contribution in [-0.2, 0) is 12.0 Å². The van der Waals surface area contributed by atoms with Gasteiger partial charge >= 0.3 is 4.87 Å². The third-order valence-electron chi connectivity index (χ3n) is 2.89. The Bertz CT molecular complexity index is 712. The molecule has 0 saturated heterocycles. The second-order valence-electron chi connectivity index (χ2n) is 5.77. The third kappa shape index (κ3) is 3.91. The van der Waals surface area contributed by atoms with Crippen molar-refractivity contribution in [2.45, 2.75) is 32.7 Å². The molecule has 0 aliphatic rings. The van der Waals surface area contributed by atoms with Crippen LogP contribution in [0.1, 0.15) is 42.5 Å². The fourth-order valence-electron chi connectivity index (χ4n) is 1.75. The molecule has 1 amide bonds. The van der Waals surface area contributed by atoms with E-state index in [1.54, 1.807) is 17.5 Å². The standard InChI is InChI=1S/C14H18N4O2S/c1-14(2,3)10-4-8(5-11(15)18-10)12(19)16-6-9-7-21-13(20)17-9/h4-5,7H,6H2,1-3H3,(H2,15,18)(H,16,19)(H,17,20). The maximum Gasteiger partial charge on any atom is 0.304 e. The Labute approximate surface area is 126 Å². The van der Waals surface area contributed by atoms with Crippen molar-refractivity contribution in [2.75, 3.05) is 5.73 Å². The summed E-state index contributed by atoms with van der Waals surface area (Å²) in [6, 6.07) is 3.28. The number of nitrogens with one attached hydrogen (secondary N) is 2. The van der Waals surface area contributed by atoms with Crippen LogP contribution in [0.3, 0.4) is 0 Å². The second-order valence-corrected chi connectivity index (χ2v) is 6.61. The molecule has 0 atom stereocenters. The summed E-state index contributed by atoms with van der Waals surface area (Å²) in [4.78, 5) is 30.0. The van der Waals surface area contributed by atoms with E-state index in [4.69, 9.17) is 5.73 Å². The number of pyridine rings is 1. The number of rotatable bonds is 3. The van der Waals surface area contributed by atoms with Crippen LogP contribution in [0.2, 0.25) is 0 Å². The van der Waals surface area contributed by atoms with E-state index < -0.39 is 0 Å². The molecule has 21 heavy (non-hydrogen) atoms. The number of carbonyl (C=O) groups excluding carboxylic acids is 1. The number of nitrogens with two attached hydrogens (primary N) is 1. The summed E-state index contributed by atoms with van der Waals surface area (Å²) in [5, 5.41) is 4.43. The normalized spacial score (nSPS) is 11.4. The van der Waals surface area contributed by atoms with E-state index in [2.05, 4.69) is 15.3 Å². The van der Waals surface area contributed by atoms with Gasteiger partial charge in [-0.1, -0.05) is 32.1 Å².